The summed E-state index contributed by atoms with van der Waals surface area (Å²) in [5.74, 6) is -0.202. The van der Waals surface area contributed by atoms with Crippen LogP contribution >= 0.6 is 23.6 Å². The maximum Gasteiger partial charge on any atom is 0.178 e. The molecule has 2 heterocycles. The number of aromatic amines is 1. The number of fused-ring (bicyclic) bond motifs is 1. The zero-order chi connectivity index (χ0) is 14.3. The first-order chi connectivity index (χ1) is 9.56. The van der Waals surface area contributed by atoms with E-state index in [1.54, 1.807) is 18.3 Å². The Labute approximate surface area is 125 Å². The zero-order valence-corrected chi connectivity index (χ0v) is 12.9. The van der Waals surface area contributed by atoms with E-state index in [1.807, 2.05) is 6.07 Å². The highest BCUT2D eigenvalue weighted by Crippen LogP contribution is 2.25. The van der Waals surface area contributed by atoms with Crippen molar-refractivity contribution in [3.8, 4) is 0 Å². The average Bonchev–Trinajstić information content (AvgIpc) is 2.97. The fourth-order valence-corrected chi connectivity index (χ4v) is 3.71. The van der Waals surface area contributed by atoms with Gasteiger partial charge < -0.3 is 9.55 Å². The molecule has 0 fully saturated rings. The molecule has 0 bridgehead atoms. The Morgan fingerprint density at radius 2 is 2.25 bits per heavy atom. The lowest BCUT2D eigenvalue weighted by Gasteiger charge is -2.14. The van der Waals surface area contributed by atoms with E-state index in [0.29, 0.717) is 10.3 Å². The molecular formula is C15H15FN2S2. The molecule has 2 aromatic heterocycles. The molecule has 0 saturated carbocycles. The number of thiophene rings is 1. The fraction of sp³-hybridized carbons (Fsp3) is 0.267. The molecule has 3 rings (SSSR count). The van der Waals surface area contributed by atoms with Crippen LogP contribution in [0.3, 0.4) is 0 Å². The molecule has 1 unspecified atom stereocenters. The molecule has 3 aromatic rings. The number of halogens is 1. The minimum Gasteiger partial charge on any atom is -0.330 e. The van der Waals surface area contributed by atoms with Gasteiger partial charge in [-0.15, -0.1) is 11.3 Å². The number of aromatic nitrogens is 2. The van der Waals surface area contributed by atoms with Crippen molar-refractivity contribution in [2.45, 2.75) is 26.3 Å². The fourth-order valence-electron chi connectivity index (χ4n) is 2.50. The highest BCUT2D eigenvalue weighted by atomic mass is 32.1. The van der Waals surface area contributed by atoms with Crippen molar-refractivity contribution >= 4 is 34.6 Å². The van der Waals surface area contributed by atoms with Crippen molar-refractivity contribution in [1.82, 2.24) is 9.55 Å². The van der Waals surface area contributed by atoms with E-state index in [0.717, 1.165) is 17.5 Å². The van der Waals surface area contributed by atoms with Crippen molar-refractivity contribution < 1.29 is 4.39 Å². The van der Waals surface area contributed by atoms with Crippen LogP contribution in [0.4, 0.5) is 4.39 Å². The Hall–Kier alpha value is -1.46. The monoisotopic (exact) mass is 306 g/mol. The lowest BCUT2D eigenvalue weighted by Crippen LogP contribution is -2.07. The van der Waals surface area contributed by atoms with Gasteiger partial charge in [0.15, 0.2) is 4.77 Å². The van der Waals surface area contributed by atoms with Gasteiger partial charge in [0.1, 0.15) is 5.82 Å². The summed E-state index contributed by atoms with van der Waals surface area (Å²) in [4.78, 5) is 4.42. The second kappa shape index (κ2) is 5.14. The first-order valence-corrected chi connectivity index (χ1v) is 7.78. The number of imidazole rings is 1. The van der Waals surface area contributed by atoms with E-state index in [2.05, 4.69) is 34.0 Å². The van der Waals surface area contributed by atoms with Crippen LogP contribution in [0.5, 0.6) is 0 Å². The van der Waals surface area contributed by atoms with Crippen LogP contribution in [-0.2, 0) is 6.42 Å². The molecule has 0 aliphatic heterocycles. The molecule has 0 aliphatic carbocycles. The number of hydrogen-bond acceptors (Lipinski definition) is 2. The zero-order valence-electron chi connectivity index (χ0n) is 11.3. The van der Waals surface area contributed by atoms with Crippen molar-refractivity contribution in [2.24, 2.45) is 0 Å². The molecule has 104 valence electrons. The van der Waals surface area contributed by atoms with E-state index in [-0.39, 0.29) is 11.9 Å². The summed E-state index contributed by atoms with van der Waals surface area (Å²) >= 11 is 7.15. The Bertz CT molecular complexity index is 799. The summed E-state index contributed by atoms with van der Waals surface area (Å²) in [5.41, 5.74) is 2.37. The lowest BCUT2D eigenvalue weighted by atomic mass is 10.1. The van der Waals surface area contributed by atoms with Gasteiger partial charge in [0.05, 0.1) is 11.0 Å². The molecule has 5 heteroatoms. The van der Waals surface area contributed by atoms with Gasteiger partial charge in [-0.05, 0) is 55.2 Å². The number of aryl methyl sites for hydroxylation is 1. The van der Waals surface area contributed by atoms with Gasteiger partial charge in [-0.25, -0.2) is 4.39 Å². The maximum absolute atomic E-state index is 13.6. The molecule has 0 amide bonds. The van der Waals surface area contributed by atoms with Crippen LogP contribution < -0.4 is 0 Å². The molecule has 1 atom stereocenters. The first-order valence-electron chi connectivity index (χ1n) is 6.49. The second-order valence-electron chi connectivity index (χ2n) is 5.05. The predicted octanol–water partition coefficient (Wildman–Crippen LogP) is 5.01. The van der Waals surface area contributed by atoms with Crippen LogP contribution in [0.2, 0.25) is 0 Å². The summed E-state index contributed by atoms with van der Waals surface area (Å²) in [5, 5.41) is 2.08. The van der Waals surface area contributed by atoms with Gasteiger partial charge in [0, 0.05) is 17.3 Å². The van der Waals surface area contributed by atoms with Crippen molar-refractivity contribution in [2.75, 3.05) is 0 Å². The highest BCUT2D eigenvalue weighted by Gasteiger charge is 2.14. The Morgan fingerprint density at radius 1 is 1.45 bits per heavy atom. The summed E-state index contributed by atoms with van der Waals surface area (Å²) in [6.45, 7) is 3.92. The second-order valence-corrected chi connectivity index (χ2v) is 6.47. The Balaban J connectivity index is 2.08. The van der Waals surface area contributed by atoms with E-state index in [9.17, 15) is 4.39 Å². The van der Waals surface area contributed by atoms with E-state index in [4.69, 9.17) is 12.2 Å². The topological polar surface area (TPSA) is 20.7 Å². The molecule has 1 N–H and O–H groups in total. The van der Waals surface area contributed by atoms with Gasteiger partial charge in [-0.3, -0.25) is 0 Å². The third-order valence-corrected chi connectivity index (χ3v) is 4.71. The number of nitrogens with zero attached hydrogens (tertiary/aromatic N) is 1. The molecule has 0 saturated heterocycles. The van der Waals surface area contributed by atoms with Gasteiger partial charge in [0.25, 0.3) is 0 Å². The largest absolute Gasteiger partial charge is 0.330 e. The summed E-state index contributed by atoms with van der Waals surface area (Å²) in [6, 6.07) is 7.81. The van der Waals surface area contributed by atoms with E-state index < -0.39 is 0 Å². The van der Waals surface area contributed by atoms with Crippen molar-refractivity contribution in [3.63, 3.8) is 0 Å². The number of rotatable bonds is 3. The van der Waals surface area contributed by atoms with Crippen LogP contribution in [0, 0.1) is 17.5 Å². The smallest absolute Gasteiger partial charge is 0.178 e. The molecule has 1 aromatic carbocycles. The van der Waals surface area contributed by atoms with Crippen LogP contribution in [-0.4, -0.2) is 9.55 Å². The Kier molecular flexibility index (Phi) is 3.48. The third kappa shape index (κ3) is 2.31. The van der Waals surface area contributed by atoms with Gasteiger partial charge >= 0.3 is 0 Å². The van der Waals surface area contributed by atoms with Gasteiger partial charge in [0.2, 0.25) is 0 Å². The highest BCUT2D eigenvalue weighted by molar-refractivity contribution is 7.71. The van der Waals surface area contributed by atoms with E-state index >= 15 is 0 Å². The summed E-state index contributed by atoms with van der Waals surface area (Å²) < 4.78 is 16.4. The molecule has 20 heavy (non-hydrogen) atoms. The SMILES string of the molecule is Cc1cc2c(cc1F)[nH]c(=S)n2C(C)Cc1cccs1. The van der Waals surface area contributed by atoms with Gasteiger partial charge in [-0.2, -0.15) is 0 Å². The lowest BCUT2D eigenvalue weighted by molar-refractivity contribution is 0.556. The number of nitrogens with one attached hydrogen (secondary N) is 1. The minimum atomic E-state index is -0.202. The van der Waals surface area contributed by atoms with Crippen LogP contribution in [0.1, 0.15) is 23.4 Å². The van der Waals surface area contributed by atoms with Crippen molar-refractivity contribution in [3.05, 3.63) is 50.7 Å². The predicted molar refractivity (Wildman–Crippen MR) is 84.6 cm³/mol. The quantitative estimate of drug-likeness (QED) is 0.674. The van der Waals surface area contributed by atoms with Gasteiger partial charge in [-0.1, -0.05) is 6.07 Å². The molecular weight excluding hydrogens is 291 g/mol. The number of hydrogen-bond donors (Lipinski definition) is 1. The normalized spacial score (nSPS) is 12.9. The number of H-pyrrole nitrogens is 1. The van der Waals surface area contributed by atoms with E-state index in [1.165, 1.54) is 10.9 Å². The number of benzene rings is 1. The summed E-state index contributed by atoms with van der Waals surface area (Å²) in [7, 11) is 0. The first kappa shape index (κ1) is 13.5. The molecule has 0 spiro atoms. The van der Waals surface area contributed by atoms with Crippen molar-refractivity contribution in [1.29, 1.82) is 0 Å². The Morgan fingerprint density at radius 3 is 2.95 bits per heavy atom. The van der Waals surface area contributed by atoms with Crippen LogP contribution in [0.25, 0.3) is 11.0 Å². The average molecular weight is 306 g/mol. The minimum absolute atomic E-state index is 0.202. The standard InChI is InChI=1S/C15H15FN2S2/c1-9-6-14-13(8-12(9)16)17-15(19)18(14)10(2)7-11-4-3-5-20-11/h3-6,8,10H,7H2,1-2H3,(H,17,19). The molecule has 0 radical (unpaired) electrons. The maximum atomic E-state index is 13.6. The van der Waals surface area contributed by atoms with Crippen LogP contribution in [0.15, 0.2) is 29.6 Å². The molecule has 0 aliphatic rings. The summed E-state index contributed by atoms with van der Waals surface area (Å²) in [6.07, 6.45) is 0.926. The third-order valence-electron chi connectivity index (χ3n) is 3.51. The molecule has 2 nitrogen and oxygen atoms in total.